The fourth-order valence-electron chi connectivity index (χ4n) is 4.61. The molecule has 1 aromatic heterocycles. The lowest BCUT2D eigenvalue weighted by atomic mass is 9.88. The standard InChI is InChI=1S/C26H23N3O3S/c1-15-11-23(28-20-8-9-22-25(13-20)33-14-27-22)21-12-19(7-10-24(21)29(15)16(2)30)17-3-5-18(6-4-17)26(31)32/h3-10,12-15,23,28H,11H2,1-2H3,(H,31,32)/t15-,23+/m0/s1. The fourth-order valence-corrected chi connectivity index (χ4v) is 5.33. The number of benzene rings is 3. The Hall–Kier alpha value is -3.71. The zero-order chi connectivity index (χ0) is 23.1. The number of nitrogens with zero attached hydrogens (tertiary/aromatic N) is 2. The smallest absolute Gasteiger partial charge is 0.335 e. The highest BCUT2D eigenvalue weighted by atomic mass is 32.1. The summed E-state index contributed by atoms with van der Waals surface area (Å²) in [6, 6.07) is 19.2. The van der Waals surface area contributed by atoms with Crippen LogP contribution < -0.4 is 10.2 Å². The zero-order valence-electron chi connectivity index (χ0n) is 18.3. The molecule has 4 aromatic rings. The molecule has 2 atom stereocenters. The van der Waals surface area contributed by atoms with Gasteiger partial charge in [0.05, 0.1) is 27.3 Å². The Morgan fingerprint density at radius 1 is 1.06 bits per heavy atom. The first-order valence-corrected chi connectivity index (χ1v) is 11.7. The van der Waals surface area contributed by atoms with Gasteiger partial charge < -0.3 is 15.3 Å². The van der Waals surface area contributed by atoms with E-state index in [0.717, 1.165) is 44.7 Å². The van der Waals surface area contributed by atoms with Crippen LogP contribution >= 0.6 is 11.3 Å². The van der Waals surface area contributed by atoms with Crippen molar-refractivity contribution in [2.75, 3.05) is 10.2 Å². The lowest BCUT2D eigenvalue weighted by Gasteiger charge is -2.39. The number of nitrogens with one attached hydrogen (secondary N) is 1. The number of carboxylic acid groups (broad SMARTS) is 1. The molecule has 1 aliphatic heterocycles. The number of rotatable bonds is 4. The van der Waals surface area contributed by atoms with Crippen molar-refractivity contribution in [3.8, 4) is 11.1 Å². The average molecular weight is 458 g/mol. The SMILES string of the molecule is CC(=O)N1c2ccc(-c3ccc(C(=O)O)cc3)cc2[C@H](Nc2ccc3ncsc3c2)C[C@@H]1C. The monoisotopic (exact) mass is 457 g/mol. The Kier molecular flexibility index (Phi) is 5.34. The van der Waals surface area contributed by atoms with Gasteiger partial charge >= 0.3 is 5.97 Å². The van der Waals surface area contributed by atoms with Crippen molar-refractivity contribution < 1.29 is 14.7 Å². The van der Waals surface area contributed by atoms with Gasteiger partial charge in [-0.2, -0.15) is 0 Å². The molecule has 0 unspecified atom stereocenters. The number of aromatic nitrogens is 1. The van der Waals surface area contributed by atoms with E-state index < -0.39 is 5.97 Å². The van der Waals surface area contributed by atoms with Crippen molar-refractivity contribution in [1.82, 2.24) is 4.98 Å². The molecule has 0 radical (unpaired) electrons. The van der Waals surface area contributed by atoms with Crippen molar-refractivity contribution in [3.05, 3.63) is 77.3 Å². The number of carbonyl (C=O) groups is 2. The van der Waals surface area contributed by atoms with Gasteiger partial charge in [-0.25, -0.2) is 9.78 Å². The van der Waals surface area contributed by atoms with Crippen LogP contribution in [0.3, 0.4) is 0 Å². The van der Waals surface area contributed by atoms with Gasteiger partial charge in [-0.05, 0) is 72.5 Å². The molecule has 6 nitrogen and oxygen atoms in total. The highest BCUT2D eigenvalue weighted by Crippen LogP contribution is 2.41. The molecule has 0 saturated carbocycles. The summed E-state index contributed by atoms with van der Waals surface area (Å²) in [5, 5.41) is 12.9. The Balaban J connectivity index is 1.55. The maximum Gasteiger partial charge on any atom is 0.335 e. The minimum atomic E-state index is -0.944. The summed E-state index contributed by atoms with van der Waals surface area (Å²) in [7, 11) is 0. The Labute approximate surface area is 195 Å². The summed E-state index contributed by atoms with van der Waals surface area (Å²) in [5.74, 6) is -0.924. The fraction of sp³-hybridized carbons (Fsp3) is 0.192. The molecule has 1 amide bonds. The molecule has 0 fully saturated rings. The summed E-state index contributed by atoms with van der Waals surface area (Å²) in [5.41, 5.74) is 7.97. The Morgan fingerprint density at radius 3 is 2.55 bits per heavy atom. The minimum Gasteiger partial charge on any atom is -0.478 e. The van der Waals surface area contributed by atoms with E-state index in [-0.39, 0.29) is 23.6 Å². The second-order valence-electron chi connectivity index (χ2n) is 8.36. The third-order valence-corrected chi connectivity index (χ3v) is 6.95. The van der Waals surface area contributed by atoms with Crippen molar-refractivity contribution in [2.45, 2.75) is 32.4 Å². The Bertz CT molecular complexity index is 1360. The first-order valence-electron chi connectivity index (χ1n) is 10.8. The summed E-state index contributed by atoms with van der Waals surface area (Å²) >= 11 is 1.61. The molecule has 0 saturated heterocycles. The highest BCUT2D eigenvalue weighted by Gasteiger charge is 2.32. The molecule has 2 heterocycles. The van der Waals surface area contributed by atoms with Gasteiger partial charge in [0, 0.05) is 24.3 Å². The van der Waals surface area contributed by atoms with Crippen LogP contribution in [0.1, 0.15) is 42.2 Å². The molecule has 5 rings (SSSR count). The van der Waals surface area contributed by atoms with Gasteiger partial charge in [-0.3, -0.25) is 4.79 Å². The number of anilines is 2. The van der Waals surface area contributed by atoms with Crippen LogP contribution in [0.2, 0.25) is 0 Å². The quantitative estimate of drug-likeness (QED) is 0.395. The molecule has 33 heavy (non-hydrogen) atoms. The van der Waals surface area contributed by atoms with Crippen LogP contribution in [-0.4, -0.2) is 28.0 Å². The lowest BCUT2D eigenvalue weighted by Crippen LogP contribution is -2.43. The molecular formula is C26H23N3O3S. The van der Waals surface area contributed by atoms with Gasteiger partial charge in [-0.15, -0.1) is 11.3 Å². The van der Waals surface area contributed by atoms with Gasteiger partial charge in [0.15, 0.2) is 0 Å². The van der Waals surface area contributed by atoms with Crippen LogP contribution in [0.5, 0.6) is 0 Å². The number of amides is 1. The van der Waals surface area contributed by atoms with Crippen molar-refractivity contribution in [2.24, 2.45) is 0 Å². The van der Waals surface area contributed by atoms with Crippen molar-refractivity contribution >= 4 is 44.8 Å². The first kappa shape index (κ1) is 21.2. The number of hydrogen-bond donors (Lipinski definition) is 2. The first-order chi connectivity index (χ1) is 15.9. The van der Waals surface area contributed by atoms with Crippen LogP contribution in [-0.2, 0) is 4.79 Å². The average Bonchev–Trinajstić information content (AvgIpc) is 3.26. The normalized spacial score (nSPS) is 17.6. The second kappa shape index (κ2) is 8.33. The Morgan fingerprint density at radius 2 is 1.82 bits per heavy atom. The predicted octanol–water partition coefficient (Wildman–Crippen LogP) is 5.96. The molecule has 0 bridgehead atoms. The minimum absolute atomic E-state index is 0.0202. The molecule has 1 aliphatic rings. The number of hydrogen-bond acceptors (Lipinski definition) is 5. The van der Waals surface area contributed by atoms with Crippen molar-refractivity contribution in [1.29, 1.82) is 0 Å². The molecule has 166 valence electrons. The van der Waals surface area contributed by atoms with E-state index in [1.807, 2.05) is 46.8 Å². The van der Waals surface area contributed by atoms with E-state index in [4.69, 9.17) is 0 Å². The number of carboxylic acids is 1. The van der Waals surface area contributed by atoms with Gasteiger partial charge in [0.25, 0.3) is 0 Å². The van der Waals surface area contributed by atoms with Crippen LogP contribution in [0, 0.1) is 0 Å². The lowest BCUT2D eigenvalue weighted by molar-refractivity contribution is -0.117. The number of aromatic carboxylic acids is 1. The maximum atomic E-state index is 12.5. The summed E-state index contributed by atoms with van der Waals surface area (Å²) in [4.78, 5) is 29.9. The number of thiazole rings is 1. The number of carbonyl (C=O) groups excluding carboxylic acids is 1. The summed E-state index contributed by atoms with van der Waals surface area (Å²) in [6.45, 7) is 3.67. The van der Waals surface area contributed by atoms with Gasteiger partial charge in [0.1, 0.15) is 0 Å². The zero-order valence-corrected chi connectivity index (χ0v) is 19.1. The van der Waals surface area contributed by atoms with E-state index in [1.54, 1.807) is 30.4 Å². The summed E-state index contributed by atoms with van der Waals surface area (Å²) < 4.78 is 1.13. The third-order valence-electron chi connectivity index (χ3n) is 6.16. The van der Waals surface area contributed by atoms with E-state index in [9.17, 15) is 14.7 Å². The topological polar surface area (TPSA) is 82.5 Å². The van der Waals surface area contributed by atoms with Gasteiger partial charge in [-0.1, -0.05) is 18.2 Å². The third kappa shape index (κ3) is 3.96. The van der Waals surface area contributed by atoms with Crippen LogP contribution in [0.4, 0.5) is 11.4 Å². The van der Waals surface area contributed by atoms with Crippen LogP contribution in [0.25, 0.3) is 21.3 Å². The van der Waals surface area contributed by atoms with E-state index in [1.165, 1.54) is 0 Å². The molecule has 2 N–H and O–H groups in total. The summed E-state index contributed by atoms with van der Waals surface area (Å²) in [6.07, 6.45) is 0.773. The maximum absolute atomic E-state index is 12.5. The molecular weight excluding hydrogens is 434 g/mol. The molecule has 0 spiro atoms. The van der Waals surface area contributed by atoms with E-state index in [2.05, 4.69) is 29.4 Å². The van der Waals surface area contributed by atoms with E-state index >= 15 is 0 Å². The highest BCUT2D eigenvalue weighted by molar-refractivity contribution is 7.16. The number of fused-ring (bicyclic) bond motifs is 2. The van der Waals surface area contributed by atoms with Crippen LogP contribution in [0.15, 0.2) is 66.2 Å². The van der Waals surface area contributed by atoms with E-state index in [0.29, 0.717) is 0 Å². The molecule has 0 aliphatic carbocycles. The molecule has 3 aromatic carbocycles. The molecule has 7 heteroatoms. The second-order valence-corrected chi connectivity index (χ2v) is 9.25. The predicted molar refractivity (Wildman–Crippen MR) is 132 cm³/mol. The largest absolute Gasteiger partial charge is 0.478 e. The van der Waals surface area contributed by atoms with Crippen molar-refractivity contribution in [3.63, 3.8) is 0 Å². The van der Waals surface area contributed by atoms with Gasteiger partial charge in [0.2, 0.25) is 5.91 Å².